The van der Waals surface area contributed by atoms with E-state index in [9.17, 15) is 0 Å². The number of hydrogen-bond donors (Lipinski definition) is 1. The van der Waals surface area contributed by atoms with Crippen LogP contribution in [-0.2, 0) is 6.42 Å². The van der Waals surface area contributed by atoms with Crippen molar-refractivity contribution in [2.45, 2.75) is 13.3 Å². The Morgan fingerprint density at radius 1 is 1.31 bits per heavy atom. The van der Waals surface area contributed by atoms with Crippen LogP contribution in [0, 0.1) is 6.92 Å². The van der Waals surface area contributed by atoms with Crippen molar-refractivity contribution >= 4 is 11.6 Å². The molecule has 0 radical (unpaired) electrons. The first kappa shape index (κ1) is 11.2. The summed E-state index contributed by atoms with van der Waals surface area (Å²) in [6.07, 6.45) is 0.771. The topological polar surface area (TPSA) is 52.0 Å². The van der Waals surface area contributed by atoms with Crippen molar-refractivity contribution in [3.63, 3.8) is 0 Å². The Bertz CT molecular complexity index is 476. The standard InChI is InChI=1S/C12H13ClN2O/c1-8-11(6-7-14)12(16-15-8)9-2-4-10(13)5-3-9/h2-5H,6-7,14H2,1H3. The van der Waals surface area contributed by atoms with E-state index >= 15 is 0 Å². The summed E-state index contributed by atoms with van der Waals surface area (Å²) in [5.74, 6) is 0.791. The van der Waals surface area contributed by atoms with Gasteiger partial charge in [-0.25, -0.2) is 0 Å². The van der Waals surface area contributed by atoms with Gasteiger partial charge >= 0.3 is 0 Å². The molecule has 0 atom stereocenters. The molecule has 1 heterocycles. The van der Waals surface area contributed by atoms with E-state index in [1.54, 1.807) is 0 Å². The lowest BCUT2D eigenvalue weighted by Gasteiger charge is -2.00. The molecule has 84 valence electrons. The van der Waals surface area contributed by atoms with Gasteiger partial charge in [0.15, 0.2) is 5.76 Å². The third kappa shape index (κ3) is 2.10. The van der Waals surface area contributed by atoms with E-state index in [0.717, 1.165) is 29.0 Å². The van der Waals surface area contributed by atoms with Crippen molar-refractivity contribution in [3.8, 4) is 11.3 Å². The van der Waals surface area contributed by atoms with E-state index in [0.29, 0.717) is 11.6 Å². The predicted octanol–water partition coefficient (Wildman–Crippen LogP) is 2.80. The summed E-state index contributed by atoms with van der Waals surface area (Å²) in [7, 11) is 0. The summed E-state index contributed by atoms with van der Waals surface area (Å²) in [4.78, 5) is 0. The molecule has 4 heteroatoms. The van der Waals surface area contributed by atoms with Crippen molar-refractivity contribution in [2.24, 2.45) is 5.73 Å². The lowest BCUT2D eigenvalue weighted by molar-refractivity contribution is 0.426. The van der Waals surface area contributed by atoms with Crippen LogP contribution in [-0.4, -0.2) is 11.7 Å². The van der Waals surface area contributed by atoms with E-state index in [1.165, 1.54) is 0 Å². The quantitative estimate of drug-likeness (QED) is 0.892. The van der Waals surface area contributed by atoms with Gasteiger partial charge in [0.25, 0.3) is 0 Å². The number of halogens is 1. The summed E-state index contributed by atoms with van der Waals surface area (Å²) in [6.45, 7) is 2.51. The average Bonchev–Trinajstić information content (AvgIpc) is 2.63. The fourth-order valence-electron chi connectivity index (χ4n) is 1.66. The van der Waals surface area contributed by atoms with Crippen molar-refractivity contribution in [1.82, 2.24) is 5.16 Å². The Morgan fingerprint density at radius 2 is 2.00 bits per heavy atom. The lowest BCUT2D eigenvalue weighted by atomic mass is 10.0. The molecule has 0 fully saturated rings. The van der Waals surface area contributed by atoms with Gasteiger partial charge in [-0.05, 0) is 44.2 Å². The van der Waals surface area contributed by atoms with Gasteiger partial charge in [-0.2, -0.15) is 0 Å². The molecular weight excluding hydrogens is 224 g/mol. The highest BCUT2D eigenvalue weighted by atomic mass is 35.5. The van der Waals surface area contributed by atoms with Crippen LogP contribution in [0.4, 0.5) is 0 Å². The first-order valence-electron chi connectivity index (χ1n) is 5.13. The molecule has 16 heavy (non-hydrogen) atoms. The smallest absolute Gasteiger partial charge is 0.170 e. The Hall–Kier alpha value is -1.32. The number of rotatable bonds is 3. The van der Waals surface area contributed by atoms with E-state index < -0.39 is 0 Å². The van der Waals surface area contributed by atoms with Gasteiger partial charge in [-0.3, -0.25) is 0 Å². The third-order valence-electron chi connectivity index (χ3n) is 2.49. The maximum Gasteiger partial charge on any atom is 0.170 e. The van der Waals surface area contributed by atoms with Crippen LogP contribution in [0.25, 0.3) is 11.3 Å². The summed E-state index contributed by atoms with van der Waals surface area (Å²) >= 11 is 5.84. The second-order valence-electron chi connectivity index (χ2n) is 3.62. The maximum atomic E-state index is 5.84. The number of aryl methyl sites for hydroxylation is 1. The van der Waals surface area contributed by atoms with Gasteiger partial charge in [-0.15, -0.1) is 0 Å². The van der Waals surface area contributed by atoms with E-state index in [-0.39, 0.29) is 0 Å². The molecule has 0 amide bonds. The minimum atomic E-state index is 0.586. The number of nitrogens with zero attached hydrogens (tertiary/aromatic N) is 1. The molecule has 2 rings (SSSR count). The summed E-state index contributed by atoms with van der Waals surface area (Å²) in [5, 5.41) is 4.68. The highest BCUT2D eigenvalue weighted by Gasteiger charge is 2.13. The van der Waals surface area contributed by atoms with E-state index in [2.05, 4.69) is 5.16 Å². The molecule has 0 saturated carbocycles. The Labute approximate surface area is 99.2 Å². The second kappa shape index (κ2) is 4.68. The number of aromatic nitrogens is 1. The Morgan fingerprint density at radius 3 is 2.62 bits per heavy atom. The average molecular weight is 237 g/mol. The first-order chi connectivity index (χ1) is 7.72. The molecule has 0 bridgehead atoms. The zero-order valence-corrected chi connectivity index (χ0v) is 9.79. The van der Waals surface area contributed by atoms with Crippen LogP contribution in [0.3, 0.4) is 0 Å². The van der Waals surface area contributed by atoms with Gasteiger partial charge in [0.2, 0.25) is 0 Å². The lowest BCUT2D eigenvalue weighted by Crippen LogP contribution is -2.03. The Balaban J connectivity index is 2.43. The second-order valence-corrected chi connectivity index (χ2v) is 4.06. The molecule has 1 aromatic heterocycles. The molecule has 0 saturated heterocycles. The van der Waals surface area contributed by atoms with Gasteiger partial charge in [-0.1, -0.05) is 16.8 Å². The number of hydrogen-bond acceptors (Lipinski definition) is 3. The first-order valence-corrected chi connectivity index (χ1v) is 5.51. The Kier molecular flexibility index (Phi) is 3.27. The molecule has 2 N–H and O–H groups in total. The predicted molar refractivity (Wildman–Crippen MR) is 64.4 cm³/mol. The van der Waals surface area contributed by atoms with E-state index in [4.69, 9.17) is 21.9 Å². The van der Waals surface area contributed by atoms with Crippen LogP contribution in [0.15, 0.2) is 28.8 Å². The fourth-order valence-corrected chi connectivity index (χ4v) is 1.78. The normalized spacial score (nSPS) is 10.7. The van der Waals surface area contributed by atoms with Crippen LogP contribution >= 0.6 is 11.6 Å². The minimum absolute atomic E-state index is 0.586. The summed E-state index contributed by atoms with van der Waals surface area (Å²) in [6, 6.07) is 7.51. The number of benzene rings is 1. The molecule has 3 nitrogen and oxygen atoms in total. The molecule has 2 aromatic rings. The summed E-state index contributed by atoms with van der Waals surface area (Å²) in [5.41, 5.74) is 8.52. The van der Waals surface area contributed by atoms with Gasteiger partial charge in [0.05, 0.1) is 5.69 Å². The molecule has 0 aliphatic rings. The molecule has 0 aliphatic carbocycles. The zero-order valence-electron chi connectivity index (χ0n) is 9.03. The van der Waals surface area contributed by atoms with Gasteiger partial charge < -0.3 is 10.3 Å². The molecule has 0 spiro atoms. The van der Waals surface area contributed by atoms with Crippen LogP contribution in [0.2, 0.25) is 5.02 Å². The van der Waals surface area contributed by atoms with Crippen molar-refractivity contribution in [1.29, 1.82) is 0 Å². The monoisotopic (exact) mass is 236 g/mol. The van der Waals surface area contributed by atoms with Gasteiger partial charge in [0, 0.05) is 16.1 Å². The maximum absolute atomic E-state index is 5.84. The highest BCUT2D eigenvalue weighted by molar-refractivity contribution is 6.30. The van der Waals surface area contributed by atoms with Crippen LogP contribution < -0.4 is 5.73 Å². The van der Waals surface area contributed by atoms with Crippen molar-refractivity contribution in [2.75, 3.05) is 6.54 Å². The van der Waals surface area contributed by atoms with Gasteiger partial charge in [0.1, 0.15) is 0 Å². The molecule has 0 aliphatic heterocycles. The minimum Gasteiger partial charge on any atom is -0.356 e. The van der Waals surface area contributed by atoms with Crippen molar-refractivity contribution < 1.29 is 4.52 Å². The van der Waals surface area contributed by atoms with Crippen LogP contribution in [0.1, 0.15) is 11.3 Å². The molecular formula is C12H13ClN2O. The molecule has 0 unspecified atom stereocenters. The van der Waals surface area contributed by atoms with E-state index in [1.807, 2.05) is 31.2 Å². The highest BCUT2D eigenvalue weighted by Crippen LogP contribution is 2.27. The molecule has 1 aromatic carbocycles. The zero-order chi connectivity index (χ0) is 11.5. The number of nitrogens with two attached hydrogens (primary N) is 1. The van der Waals surface area contributed by atoms with Crippen LogP contribution in [0.5, 0.6) is 0 Å². The SMILES string of the molecule is Cc1noc(-c2ccc(Cl)cc2)c1CCN. The third-order valence-corrected chi connectivity index (χ3v) is 2.74. The summed E-state index contributed by atoms with van der Waals surface area (Å²) < 4.78 is 5.33. The largest absolute Gasteiger partial charge is 0.356 e. The van der Waals surface area contributed by atoms with Crippen molar-refractivity contribution in [3.05, 3.63) is 40.5 Å². The fraction of sp³-hybridized carbons (Fsp3) is 0.250.